The minimum Gasteiger partial charge on any atom is -0.126 e. The number of hydrogen-bond acceptors (Lipinski definition) is 0. The minimum absolute atomic E-state index is 0.330. The van der Waals surface area contributed by atoms with Crippen molar-refractivity contribution in [3.8, 4) is 0 Å². The van der Waals surface area contributed by atoms with Crippen LogP contribution in [0.2, 0.25) is 0 Å². The zero-order chi connectivity index (χ0) is 9.78. The quantitative estimate of drug-likeness (QED) is 0.567. The summed E-state index contributed by atoms with van der Waals surface area (Å²) >= 11 is 6.00. The molecule has 0 aromatic rings. The summed E-state index contributed by atoms with van der Waals surface area (Å²) in [6.07, 6.45) is 2.52. The maximum absolute atomic E-state index is 6.00. The van der Waals surface area contributed by atoms with Crippen molar-refractivity contribution in [2.24, 2.45) is 17.3 Å². The molecule has 74 valence electrons. The smallest absolute Gasteiger partial charge is 0.0279 e. The van der Waals surface area contributed by atoms with Gasteiger partial charge in [0.2, 0.25) is 0 Å². The average molecular weight is 191 g/mol. The molecular weight excluding hydrogens is 168 g/mol. The number of hydrogen-bond donors (Lipinski definition) is 0. The van der Waals surface area contributed by atoms with Crippen LogP contribution in [-0.2, 0) is 0 Å². The van der Waals surface area contributed by atoms with Crippen molar-refractivity contribution in [2.75, 3.05) is 5.88 Å². The highest BCUT2D eigenvalue weighted by Gasteiger charge is 2.28. The second-order valence-corrected chi connectivity index (χ2v) is 4.93. The van der Waals surface area contributed by atoms with E-state index in [0.29, 0.717) is 11.3 Å². The molecule has 0 saturated heterocycles. The molecule has 1 heteroatoms. The van der Waals surface area contributed by atoms with Crippen molar-refractivity contribution in [3.63, 3.8) is 0 Å². The molecule has 0 saturated carbocycles. The lowest BCUT2D eigenvalue weighted by molar-refractivity contribution is 0.196. The maximum Gasteiger partial charge on any atom is 0.0279 e. The fraction of sp³-hybridized carbons (Fsp3) is 1.00. The lowest BCUT2D eigenvalue weighted by atomic mass is 9.74. The van der Waals surface area contributed by atoms with Gasteiger partial charge < -0.3 is 0 Å². The van der Waals surface area contributed by atoms with E-state index in [-0.39, 0.29) is 0 Å². The predicted octanol–water partition coefficient (Wildman–Crippen LogP) is 4.32. The number of rotatable bonds is 5. The first-order valence-corrected chi connectivity index (χ1v) is 5.55. The molecule has 0 amide bonds. The van der Waals surface area contributed by atoms with Gasteiger partial charge in [0.1, 0.15) is 0 Å². The minimum atomic E-state index is 0.330. The summed E-state index contributed by atoms with van der Waals surface area (Å²) < 4.78 is 0. The Morgan fingerprint density at radius 3 is 2.00 bits per heavy atom. The maximum atomic E-state index is 6.00. The topological polar surface area (TPSA) is 0 Å². The molecule has 0 fully saturated rings. The molecule has 0 bridgehead atoms. The lowest BCUT2D eigenvalue weighted by Crippen LogP contribution is -2.27. The van der Waals surface area contributed by atoms with E-state index in [1.165, 1.54) is 12.8 Å². The zero-order valence-electron chi connectivity index (χ0n) is 9.15. The van der Waals surface area contributed by atoms with Crippen LogP contribution in [-0.4, -0.2) is 5.88 Å². The van der Waals surface area contributed by atoms with E-state index in [1.54, 1.807) is 0 Å². The van der Waals surface area contributed by atoms with Crippen molar-refractivity contribution >= 4 is 11.6 Å². The highest BCUT2D eigenvalue weighted by Crippen LogP contribution is 2.36. The van der Waals surface area contributed by atoms with Gasteiger partial charge in [0.05, 0.1) is 0 Å². The van der Waals surface area contributed by atoms with Crippen molar-refractivity contribution in [1.29, 1.82) is 0 Å². The Balaban J connectivity index is 4.14. The molecule has 12 heavy (non-hydrogen) atoms. The van der Waals surface area contributed by atoms with Gasteiger partial charge in [0, 0.05) is 5.88 Å². The van der Waals surface area contributed by atoms with Gasteiger partial charge in [-0.2, -0.15) is 0 Å². The predicted molar refractivity (Wildman–Crippen MR) is 57.7 cm³/mol. The summed E-state index contributed by atoms with van der Waals surface area (Å²) in [6, 6.07) is 0. The molecule has 2 unspecified atom stereocenters. The van der Waals surface area contributed by atoms with Crippen LogP contribution in [0.5, 0.6) is 0 Å². The molecule has 0 radical (unpaired) electrons. The second kappa shape index (κ2) is 5.11. The van der Waals surface area contributed by atoms with E-state index in [1.807, 2.05) is 0 Å². The SMILES string of the molecule is CCC(C)CC(C)(CCl)C(C)C. The standard InChI is InChI=1S/C11H23Cl/c1-6-10(4)7-11(5,8-12)9(2)3/h9-10H,6-8H2,1-5H3. The molecule has 0 aromatic carbocycles. The van der Waals surface area contributed by atoms with E-state index in [0.717, 1.165) is 11.8 Å². The van der Waals surface area contributed by atoms with Crippen LogP contribution in [0.15, 0.2) is 0 Å². The summed E-state index contributed by atoms with van der Waals surface area (Å²) in [5.74, 6) is 2.27. The van der Waals surface area contributed by atoms with Crippen LogP contribution in [0.4, 0.5) is 0 Å². The van der Waals surface area contributed by atoms with Gasteiger partial charge in [0.25, 0.3) is 0 Å². The fourth-order valence-electron chi connectivity index (χ4n) is 1.38. The van der Waals surface area contributed by atoms with Crippen LogP contribution >= 0.6 is 11.6 Å². The van der Waals surface area contributed by atoms with Crippen LogP contribution < -0.4 is 0 Å². The first kappa shape index (κ1) is 12.3. The van der Waals surface area contributed by atoms with Gasteiger partial charge in [-0.25, -0.2) is 0 Å². The van der Waals surface area contributed by atoms with Crippen LogP contribution in [0, 0.1) is 17.3 Å². The summed E-state index contributed by atoms with van der Waals surface area (Å²) in [5, 5.41) is 0. The molecular formula is C11H23Cl. The molecule has 0 N–H and O–H groups in total. The Morgan fingerprint density at radius 2 is 1.75 bits per heavy atom. The molecule has 0 rings (SSSR count). The van der Waals surface area contributed by atoms with Crippen LogP contribution in [0.3, 0.4) is 0 Å². The van der Waals surface area contributed by atoms with Gasteiger partial charge in [-0.05, 0) is 23.7 Å². The third kappa shape index (κ3) is 3.35. The van der Waals surface area contributed by atoms with E-state index in [4.69, 9.17) is 11.6 Å². The summed E-state index contributed by atoms with van der Waals surface area (Å²) in [6.45, 7) is 11.4. The summed E-state index contributed by atoms with van der Waals surface area (Å²) in [7, 11) is 0. The summed E-state index contributed by atoms with van der Waals surface area (Å²) in [4.78, 5) is 0. The molecule has 0 nitrogen and oxygen atoms in total. The molecule has 0 aromatic heterocycles. The third-order valence-electron chi connectivity index (χ3n) is 3.21. The molecule has 2 atom stereocenters. The average Bonchev–Trinajstić information content (AvgIpc) is 2.03. The highest BCUT2D eigenvalue weighted by atomic mass is 35.5. The number of halogens is 1. The van der Waals surface area contributed by atoms with Gasteiger partial charge in [-0.15, -0.1) is 11.6 Å². The van der Waals surface area contributed by atoms with Crippen molar-refractivity contribution in [2.45, 2.75) is 47.5 Å². The van der Waals surface area contributed by atoms with Gasteiger partial charge in [-0.1, -0.05) is 41.0 Å². The zero-order valence-corrected chi connectivity index (χ0v) is 9.91. The van der Waals surface area contributed by atoms with E-state index in [2.05, 4.69) is 34.6 Å². The Hall–Kier alpha value is 0.290. The van der Waals surface area contributed by atoms with Gasteiger partial charge in [-0.3, -0.25) is 0 Å². The largest absolute Gasteiger partial charge is 0.126 e. The first-order valence-electron chi connectivity index (χ1n) is 5.02. The van der Waals surface area contributed by atoms with Crippen LogP contribution in [0.25, 0.3) is 0 Å². The Kier molecular flexibility index (Phi) is 5.24. The van der Waals surface area contributed by atoms with Gasteiger partial charge in [0.15, 0.2) is 0 Å². The molecule has 0 spiro atoms. The van der Waals surface area contributed by atoms with E-state index < -0.39 is 0 Å². The van der Waals surface area contributed by atoms with Crippen LogP contribution in [0.1, 0.15) is 47.5 Å². The molecule has 0 aliphatic rings. The fourth-order valence-corrected chi connectivity index (χ4v) is 1.80. The molecule has 0 heterocycles. The molecule has 0 aliphatic heterocycles. The first-order chi connectivity index (χ1) is 5.46. The molecule has 0 aliphatic carbocycles. The van der Waals surface area contributed by atoms with E-state index >= 15 is 0 Å². The number of alkyl halides is 1. The third-order valence-corrected chi connectivity index (χ3v) is 3.82. The van der Waals surface area contributed by atoms with Crippen molar-refractivity contribution < 1.29 is 0 Å². The Labute approximate surface area is 82.7 Å². The van der Waals surface area contributed by atoms with Crippen molar-refractivity contribution in [3.05, 3.63) is 0 Å². The van der Waals surface area contributed by atoms with Crippen molar-refractivity contribution in [1.82, 2.24) is 0 Å². The summed E-state index contributed by atoms with van der Waals surface area (Å²) in [5.41, 5.74) is 0.330. The van der Waals surface area contributed by atoms with E-state index in [9.17, 15) is 0 Å². The monoisotopic (exact) mass is 190 g/mol. The lowest BCUT2D eigenvalue weighted by Gasteiger charge is -2.34. The Morgan fingerprint density at radius 1 is 1.25 bits per heavy atom. The van der Waals surface area contributed by atoms with Gasteiger partial charge >= 0.3 is 0 Å². The highest BCUT2D eigenvalue weighted by molar-refractivity contribution is 6.18. The second-order valence-electron chi connectivity index (χ2n) is 4.66. The Bertz CT molecular complexity index is 120. The normalized spacial score (nSPS) is 19.2.